The van der Waals surface area contributed by atoms with E-state index in [1.165, 1.54) is 0 Å². The molecule has 0 aliphatic rings. The molecule has 0 spiro atoms. The summed E-state index contributed by atoms with van der Waals surface area (Å²) in [7, 11) is 0. The first kappa shape index (κ1) is 16.0. The summed E-state index contributed by atoms with van der Waals surface area (Å²) in [6, 6.07) is 15.6. The Morgan fingerprint density at radius 3 is 2.68 bits per heavy atom. The van der Waals surface area contributed by atoms with E-state index in [1.54, 1.807) is 17.8 Å². The molecule has 0 fully saturated rings. The molecule has 0 aromatic heterocycles. The van der Waals surface area contributed by atoms with Crippen LogP contribution in [0.3, 0.4) is 0 Å². The zero-order chi connectivity index (χ0) is 15.8. The Bertz CT molecular complexity index is 699. The third-order valence-electron chi connectivity index (χ3n) is 2.82. The van der Waals surface area contributed by atoms with Crippen LogP contribution in [-0.2, 0) is 4.79 Å². The van der Waals surface area contributed by atoms with Crippen LogP contribution in [0.5, 0.6) is 5.75 Å². The third-order valence-corrected chi connectivity index (χ3v) is 3.69. The van der Waals surface area contributed by atoms with Gasteiger partial charge in [-0.3, -0.25) is 0 Å². The molecule has 2 rings (SSSR count). The summed E-state index contributed by atoms with van der Waals surface area (Å²) in [4.78, 5) is 11.6. The van der Waals surface area contributed by atoms with Crippen LogP contribution in [0.1, 0.15) is 11.1 Å². The molecule has 0 saturated carbocycles. The minimum absolute atomic E-state index is 0.324. The molecule has 0 aliphatic carbocycles. The summed E-state index contributed by atoms with van der Waals surface area (Å²) in [5, 5.41) is 8.61. The fourth-order valence-electron chi connectivity index (χ4n) is 1.79. The first-order valence-electron chi connectivity index (χ1n) is 6.77. The summed E-state index contributed by atoms with van der Waals surface area (Å²) in [6.07, 6.45) is 0. The van der Waals surface area contributed by atoms with Gasteiger partial charge in [0.1, 0.15) is 5.75 Å². The van der Waals surface area contributed by atoms with Gasteiger partial charge in [0.2, 0.25) is 0 Å². The van der Waals surface area contributed by atoms with Crippen molar-refractivity contribution >= 4 is 17.7 Å². The van der Waals surface area contributed by atoms with Crippen molar-refractivity contribution in [3.05, 3.63) is 59.7 Å². The second-order valence-corrected chi connectivity index (χ2v) is 5.61. The number of aryl methyl sites for hydroxylation is 1. The molecule has 0 unspecified atom stereocenters. The molecule has 22 heavy (non-hydrogen) atoms. The highest BCUT2D eigenvalue weighted by Gasteiger charge is 2.04. The van der Waals surface area contributed by atoms with Gasteiger partial charge >= 0.3 is 5.97 Å². The van der Waals surface area contributed by atoms with E-state index in [0.29, 0.717) is 11.5 Å². The Morgan fingerprint density at radius 1 is 1.23 bits per heavy atom. The first-order chi connectivity index (χ1) is 10.6. The molecule has 3 nitrogen and oxygen atoms in total. The van der Waals surface area contributed by atoms with Crippen LogP contribution >= 0.6 is 11.8 Å². The maximum Gasteiger partial charge on any atom is 0.341 e. The normalized spacial score (nSPS) is 9.68. The number of carbonyl (C=O) groups is 1. The Kier molecular flexibility index (Phi) is 5.93. The molecule has 0 saturated heterocycles. The van der Waals surface area contributed by atoms with Crippen LogP contribution < -0.4 is 4.74 Å². The second kappa shape index (κ2) is 8.16. The van der Waals surface area contributed by atoms with Crippen molar-refractivity contribution < 1.29 is 14.6 Å². The maximum absolute atomic E-state index is 10.5. The molecular weight excluding hydrogens is 296 g/mol. The van der Waals surface area contributed by atoms with Crippen LogP contribution in [0, 0.1) is 18.8 Å². The average molecular weight is 312 g/mol. The van der Waals surface area contributed by atoms with Gasteiger partial charge in [-0.15, -0.1) is 11.8 Å². The number of hydrogen-bond donors (Lipinski definition) is 1. The van der Waals surface area contributed by atoms with E-state index in [0.717, 1.165) is 16.0 Å². The van der Waals surface area contributed by atoms with E-state index in [9.17, 15) is 4.79 Å². The molecule has 0 aliphatic heterocycles. The summed E-state index contributed by atoms with van der Waals surface area (Å²) < 4.78 is 5.20. The summed E-state index contributed by atoms with van der Waals surface area (Å²) in [6.45, 7) is 1.58. The number of thioether (sulfide) groups is 1. The lowest BCUT2D eigenvalue weighted by Crippen LogP contribution is -2.09. The van der Waals surface area contributed by atoms with Crippen LogP contribution in [0.4, 0.5) is 0 Å². The topological polar surface area (TPSA) is 46.5 Å². The van der Waals surface area contributed by atoms with Gasteiger partial charge in [0.15, 0.2) is 6.61 Å². The van der Waals surface area contributed by atoms with Gasteiger partial charge < -0.3 is 9.84 Å². The van der Waals surface area contributed by atoms with Gasteiger partial charge in [0, 0.05) is 10.5 Å². The highest BCUT2D eigenvalue weighted by atomic mass is 32.2. The largest absolute Gasteiger partial charge is 0.482 e. The smallest absolute Gasteiger partial charge is 0.341 e. The van der Waals surface area contributed by atoms with Gasteiger partial charge in [-0.1, -0.05) is 30.0 Å². The molecule has 4 heteroatoms. The van der Waals surface area contributed by atoms with Gasteiger partial charge in [-0.25, -0.2) is 4.79 Å². The van der Waals surface area contributed by atoms with Crippen molar-refractivity contribution in [2.45, 2.75) is 11.8 Å². The minimum atomic E-state index is -0.978. The van der Waals surface area contributed by atoms with Crippen LogP contribution in [-0.4, -0.2) is 23.4 Å². The highest BCUT2D eigenvalue weighted by molar-refractivity contribution is 7.99. The number of benzene rings is 2. The van der Waals surface area contributed by atoms with Crippen LogP contribution in [0.25, 0.3) is 0 Å². The molecule has 0 heterocycles. The van der Waals surface area contributed by atoms with E-state index in [-0.39, 0.29) is 6.61 Å². The van der Waals surface area contributed by atoms with E-state index < -0.39 is 5.97 Å². The lowest BCUT2D eigenvalue weighted by molar-refractivity contribution is -0.139. The maximum atomic E-state index is 10.5. The Balaban J connectivity index is 1.90. The molecule has 0 amide bonds. The van der Waals surface area contributed by atoms with E-state index in [1.807, 2.05) is 49.4 Å². The Labute approximate surface area is 134 Å². The number of carboxylic acids is 1. The average Bonchev–Trinajstić information content (AvgIpc) is 2.51. The van der Waals surface area contributed by atoms with Gasteiger partial charge in [0.05, 0.1) is 5.75 Å². The van der Waals surface area contributed by atoms with Gasteiger partial charge in [-0.05, 0) is 42.8 Å². The second-order valence-electron chi connectivity index (χ2n) is 4.57. The predicted molar refractivity (Wildman–Crippen MR) is 88.4 cm³/mol. The summed E-state index contributed by atoms with van der Waals surface area (Å²) in [5.41, 5.74) is 1.93. The molecular formula is C18H16O3S. The number of aliphatic carboxylic acids is 1. The van der Waals surface area contributed by atoms with Crippen molar-refractivity contribution in [3.63, 3.8) is 0 Å². The predicted octanol–water partition coefficient (Wildman–Crippen LogP) is 3.60. The molecule has 1 N–H and O–H groups in total. The van der Waals surface area contributed by atoms with E-state index >= 15 is 0 Å². The highest BCUT2D eigenvalue weighted by Crippen LogP contribution is 2.25. The van der Waals surface area contributed by atoms with E-state index in [2.05, 4.69) is 11.8 Å². The first-order valence-corrected chi connectivity index (χ1v) is 7.75. The number of carboxylic acid groups (broad SMARTS) is 1. The molecule has 0 atom stereocenters. The SMILES string of the molecule is Cc1cc(SCC#Cc2ccccc2)ccc1OCC(=O)O. The zero-order valence-corrected chi connectivity index (χ0v) is 13.0. The van der Waals surface area contributed by atoms with Crippen molar-refractivity contribution in [1.82, 2.24) is 0 Å². The van der Waals surface area contributed by atoms with Gasteiger partial charge in [-0.2, -0.15) is 0 Å². The molecule has 0 bridgehead atoms. The van der Waals surface area contributed by atoms with Crippen LogP contribution in [0.2, 0.25) is 0 Å². The van der Waals surface area contributed by atoms with Gasteiger partial charge in [0.25, 0.3) is 0 Å². The van der Waals surface area contributed by atoms with E-state index in [4.69, 9.17) is 9.84 Å². The quantitative estimate of drug-likeness (QED) is 0.677. The number of ether oxygens (including phenoxy) is 1. The molecule has 112 valence electrons. The summed E-state index contributed by atoms with van der Waals surface area (Å²) in [5.74, 6) is 6.56. The lowest BCUT2D eigenvalue weighted by Gasteiger charge is -2.08. The molecule has 2 aromatic rings. The van der Waals surface area contributed by atoms with Crippen molar-refractivity contribution in [2.75, 3.05) is 12.4 Å². The van der Waals surface area contributed by atoms with Crippen molar-refractivity contribution in [2.24, 2.45) is 0 Å². The summed E-state index contributed by atoms with van der Waals surface area (Å²) >= 11 is 1.64. The Hall–Kier alpha value is -2.38. The minimum Gasteiger partial charge on any atom is -0.482 e. The zero-order valence-electron chi connectivity index (χ0n) is 12.2. The third kappa shape index (κ3) is 5.19. The monoisotopic (exact) mass is 312 g/mol. The van der Waals surface area contributed by atoms with Crippen molar-refractivity contribution in [3.8, 4) is 17.6 Å². The standard InChI is InChI=1S/C18H16O3S/c1-14-12-16(9-10-17(14)21-13-18(19)20)22-11-5-8-15-6-3-2-4-7-15/h2-4,6-7,9-10,12H,11,13H2,1H3,(H,19,20). The number of rotatable bonds is 5. The lowest BCUT2D eigenvalue weighted by atomic mass is 10.2. The fraction of sp³-hybridized carbons (Fsp3) is 0.167. The fourth-order valence-corrected chi connectivity index (χ4v) is 2.53. The Morgan fingerprint density at radius 2 is 2.00 bits per heavy atom. The molecule has 0 radical (unpaired) electrons. The van der Waals surface area contributed by atoms with Crippen molar-refractivity contribution in [1.29, 1.82) is 0 Å². The van der Waals surface area contributed by atoms with Crippen LogP contribution in [0.15, 0.2) is 53.4 Å². The number of hydrogen-bond acceptors (Lipinski definition) is 3. The molecule has 2 aromatic carbocycles.